The lowest BCUT2D eigenvalue weighted by molar-refractivity contribution is 0.566. The van der Waals surface area contributed by atoms with Crippen molar-refractivity contribution in [1.29, 1.82) is 0 Å². The van der Waals surface area contributed by atoms with Crippen LogP contribution in [0.3, 0.4) is 0 Å². The summed E-state index contributed by atoms with van der Waals surface area (Å²) < 4.78 is 0. The number of hydrogen-bond acceptors (Lipinski definition) is 0. The lowest BCUT2D eigenvalue weighted by Crippen LogP contribution is -1.95. The summed E-state index contributed by atoms with van der Waals surface area (Å²) in [5.41, 5.74) is 9.48. The minimum atomic E-state index is 0.788. The molecule has 0 saturated heterocycles. The van der Waals surface area contributed by atoms with E-state index in [0.717, 1.165) is 24.7 Å². The third-order valence-electron chi connectivity index (χ3n) is 8.35. The van der Waals surface area contributed by atoms with Gasteiger partial charge in [-0.3, -0.25) is 0 Å². The molecule has 0 nitrogen and oxygen atoms in total. The normalized spacial score (nSPS) is 16.4. The summed E-state index contributed by atoms with van der Waals surface area (Å²) >= 11 is 0. The molecule has 0 radical (unpaired) electrons. The van der Waals surface area contributed by atoms with Crippen molar-refractivity contribution in [2.45, 2.75) is 64.2 Å². The van der Waals surface area contributed by atoms with E-state index in [1.165, 1.54) is 73.6 Å². The summed E-state index contributed by atoms with van der Waals surface area (Å²) in [6.45, 7) is 0. The van der Waals surface area contributed by atoms with Crippen LogP contribution in [-0.4, -0.2) is 0 Å². The molecule has 4 aromatic carbocycles. The molecule has 4 aromatic rings. The molecule has 1 saturated carbocycles. The van der Waals surface area contributed by atoms with Gasteiger partial charge in [-0.15, -0.1) is 0 Å². The van der Waals surface area contributed by atoms with Gasteiger partial charge in [0.1, 0.15) is 0 Å². The van der Waals surface area contributed by atoms with Crippen LogP contribution in [0.1, 0.15) is 60.8 Å². The first kappa shape index (κ1) is 26.2. The Morgan fingerprint density at radius 3 is 1.05 bits per heavy atom. The minimum absolute atomic E-state index is 0.788. The van der Waals surface area contributed by atoms with E-state index in [1.807, 2.05) is 5.57 Å². The Balaban J connectivity index is 1.29. The first-order valence-corrected chi connectivity index (χ1v) is 14.7. The van der Waals surface area contributed by atoms with E-state index in [9.17, 15) is 0 Å². The van der Waals surface area contributed by atoms with Crippen molar-refractivity contribution in [3.63, 3.8) is 0 Å². The predicted molar refractivity (Wildman–Crippen MR) is 162 cm³/mol. The van der Waals surface area contributed by atoms with E-state index in [4.69, 9.17) is 0 Å². The average molecular weight is 499 g/mol. The van der Waals surface area contributed by atoms with Crippen LogP contribution < -0.4 is 0 Å². The van der Waals surface area contributed by atoms with Gasteiger partial charge in [-0.1, -0.05) is 132 Å². The maximum absolute atomic E-state index is 2.29. The second-order valence-electron chi connectivity index (χ2n) is 11.0. The van der Waals surface area contributed by atoms with Crippen LogP contribution >= 0.6 is 0 Å². The van der Waals surface area contributed by atoms with Gasteiger partial charge in [-0.25, -0.2) is 0 Å². The second-order valence-corrected chi connectivity index (χ2v) is 11.0. The number of benzene rings is 4. The summed E-state index contributed by atoms with van der Waals surface area (Å²) in [5, 5.41) is 0. The molecule has 5 rings (SSSR count). The molecule has 2 atom stereocenters. The van der Waals surface area contributed by atoms with Gasteiger partial charge in [0.05, 0.1) is 0 Å². The Bertz CT molecular complexity index is 1140. The maximum atomic E-state index is 2.29. The minimum Gasteiger partial charge on any atom is -0.0697 e. The van der Waals surface area contributed by atoms with E-state index in [2.05, 4.69) is 121 Å². The van der Waals surface area contributed by atoms with Gasteiger partial charge in [0.2, 0.25) is 0 Å². The standard InChI is InChI=1S/C38H42/c1-5-15-31(16-6-1)23-13-25-36-37(26-14-24-32-17-7-2-8-18-32)38(36)35(29-27-33-19-9-3-10-20-33)30-28-34-21-11-4-12-22-34/h1-12,15-22,36-37H,13-14,23-30H2/t36-,37+. The predicted octanol–water partition coefficient (Wildman–Crippen LogP) is 9.84. The number of rotatable bonds is 14. The molecule has 0 heterocycles. The van der Waals surface area contributed by atoms with E-state index in [0.29, 0.717) is 0 Å². The highest BCUT2D eigenvalue weighted by molar-refractivity contribution is 5.37. The molecule has 1 fully saturated rings. The molecule has 0 aliphatic heterocycles. The molecular formula is C38H42. The maximum Gasteiger partial charge on any atom is -0.0132 e. The van der Waals surface area contributed by atoms with Gasteiger partial charge in [-0.2, -0.15) is 0 Å². The van der Waals surface area contributed by atoms with Crippen LogP contribution in [-0.2, 0) is 25.7 Å². The monoisotopic (exact) mass is 498 g/mol. The van der Waals surface area contributed by atoms with E-state index >= 15 is 0 Å². The Morgan fingerprint density at radius 2 is 0.711 bits per heavy atom. The van der Waals surface area contributed by atoms with Gasteiger partial charge < -0.3 is 0 Å². The van der Waals surface area contributed by atoms with Crippen molar-refractivity contribution >= 4 is 0 Å². The third kappa shape index (κ3) is 7.81. The summed E-state index contributed by atoms with van der Waals surface area (Å²) in [6.07, 6.45) is 12.4. The molecule has 0 spiro atoms. The molecule has 0 N–H and O–H groups in total. The zero-order chi connectivity index (χ0) is 25.8. The van der Waals surface area contributed by atoms with Crippen molar-refractivity contribution in [3.8, 4) is 0 Å². The average Bonchev–Trinajstić information content (AvgIpc) is 3.67. The number of hydrogen-bond donors (Lipinski definition) is 0. The van der Waals surface area contributed by atoms with Crippen molar-refractivity contribution in [1.82, 2.24) is 0 Å². The summed E-state index contributed by atoms with van der Waals surface area (Å²) in [7, 11) is 0. The van der Waals surface area contributed by atoms with Crippen LogP contribution in [0.4, 0.5) is 0 Å². The second kappa shape index (κ2) is 14.0. The lowest BCUT2D eigenvalue weighted by Gasteiger charge is -2.09. The zero-order valence-electron chi connectivity index (χ0n) is 22.8. The van der Waals surface area contributed by atoms with Gasteiger partial charge in [0.25, 0.3) is 0 Å². The highest BCUT2D eigenvalue weighted by Gasteiger charge is 2.44. The first-order chi connectivity index (χ1) is 18.9. The zero-order valence-corrected chi connectivity index (χ0v) is 22.8. The van der Waals surface area contributed by atoms with Gasteiger partial charge in [-0.05, 0) is 98.3 Å². The third-order valence-corrected chi connectivity index (χ3v) is 8.35. The fourth-order valence-corrected chi connectivity index (χ4v) is 6.25. The van der Waals surface area contributed by atoms with Crippen molar-refractivity contribution in [2.24, 2.45) is 11.8 Å². The van der Waals surface area contributed by atoms with E-state index in [-0.39, 0.29) is 0 Å². The summed E-state index contributed by atoms with van der Waals surface area (Å²) in [4.78, 5) is 0. The molecule has 0 unspecified atom stereocenters. The molecule has 0 bridgehead atoms. The van der Waals surface area contributed by atoms with Crippen molar-refractivity contribution in [2.75, 3.05) is 0 Å². The summed E-state index contributed by atoms with van der Waals surface area (Å²) in [6, 6.07) is 44.2. The van der Waals surface area contributed by atoms with Crippen molar-refractivity contribution < 1.29 is 0 Å². The quantitative estimate of drug-likeness (QED) is 0.152. The SMILES string of the molecule is c1ccc(CCC[C@@H]2C(=C(CCc3ccccc3)CCc3ccccc3)[C@@H]2CCCc2ccccc2)cc1. The highest BCUT2D eigenvalue weighted by atomic mass is 14.5. The molecule has 1 aliphatic carbocycles. The Morgan fingerprint density at radius 1 is 0.395 bits per heavy atom. The molecule has 1 aliphatic rings. The molecule has 194 valence electrons. The summed E-state index contributed by atoms with van der Waals surface area (Å²) in [5.74, 6) is 1.58. The van der Waals surface area contributed by atoms with E-state index in [1.54, 1.807) is 5.57 Å². The molecule has 0 heteroatoms. The fourth-order valence-electron chi connectivity index (χ4n) is 6.25. The lowest BCUT2D eigenvalue weighted by atomic mass is 9.96. The number of allylic oxidation sites excluding steroid dienone is 2. The van der Waals surface area contributed by atoms with Crippen LogP contribution in [0.15, 0.2) is 132 Å². The van der Waals surface area contributed by atoms with Crippen LogP contribution in [0, 0.1) is 11.8 Å². The largest absolute Gasteiger partial charge is 0.0697 e. The molecule has 0 amide bonds. The van der Waals surface area contributed by atoms with Crippen LogP contribution in [0.5, 0.6) is 0 Å². The first-order valence-electron chi connectivity index (χ1n) is 14.7. The smallest absolute Gasteiger partial charge is 0.0132 e. The molecular weight excluding hydrogens is 456 g/mol. The van der Waals surface area contributed by atoms with Gasteiger partial charge in [0.15, 0.2) is 0 Å². The Labute approximate surface area is 230 Å². The Hall–Kier alpha value is -3.38. The van der Waals surface area contributed by atoms with Gasteiger partial charge in [0, 0.05) is 0 Å². The fraction of sp³-hybridized carbons (Fsp3) is 0.316. The van der Waals surface area contributed by atoms with E-state index < -0.39 is 0 Å². The highest BCUT2D eigenvalue weighted by Crippen LogP contribution is 2.54. The Kier molecular flexibility index (Phi) is 9.64. The van der Waals surface area contributed by atoms with Crippen LogP contribution in [0.25, 0.3) is 0 Å². The van der Waals surface area contributed by atoms with Crippen molar-refractivity contribution in [3.05, 3.63) is 155 Å². The molecule has 0 aromatic heterocycles. The topological polar surface area (TPSA) is 0 Å². The van der Waals surface area contributed by atoms with Gasteiger partial charge >= 0.3 is 0 Å². The number of aryl methyl sites for hydroxylation is 4. The molecule has 38 heavy (non-hydrogen) atoms. The van der Waals surface area contributed by atoms with Crippen LogP contribution in [0.2, 0.25) is 0 Å².